The molecule has 2 aromatic rings. The summed E-state index contributed by atoms with van der Waals surface area (Å²) in [6, 6.07) is 16.5. The van der Waals surface area contributed by atoms with Crippen molar-refractivity contribution in [2.45, 2.75) is 20.3 Å². The van der Waals surface area contributed by atoms with Crippen molar-refractivity contribution in [3.63, 3.8) is 0 Å². The number of anilines is 2. The number of nitrogens with zero attached hydrogens (tertiary/aromatic N) is 2. The lowest BCUT2D eigenvalue weighted by molar-refractivity contribution is 1.09. The lowest BCUT2D eigenvalue weighted by Crippen LogP contribution is -2.40. The van der Waals surface area contributed by atoms with Gasteiger partial charge in [0.2, 0.25) is 5.96 Å². The van der Waals surface area contributed by atoms with Gasteiger partial charge in [0.05, 0.1) is 0 Å². The number of nitrogens with one attached hydrogen (secondary N) is 1. The fourth-order valence-corrected chi connectivity index (χ4v) is 2.39. The van der Waals surface area contributed by atoms with Gasteiger partial charge in [-0.2, -0.15) is 0 Å². The first-order chi connectivity index (χ1) is 10.0. The SMILES string of the molecule is CCc1cccc(N(C)C(=N)N(C)c2ccccc2C)c1. The summed E-state index contributed by atoms with van der Waals surface area (Å²) in [7, 11) is 3.87. The average Bonchev–Trinajstić information content (AvgIpc) is 2.53. The number of hydrogen-bond acceptors (Lipinski definition) is 1. The zero-order chi connectivity index (χ0) is 15.4. The van der Waals surface area contributed by atoms with Crippen LogP contribution in [0.2, 0.25) is 0 Å². The average molecular weight is 281 g/mol. The number of hydrogen-bond donors (Lipinski definition) is 1. The van der Waals surface area contributed by atoms with E-state index in [1.54, 1.807) is 0 Å². The molecular weight excluding hydrogens is 258 g/mol. The standard InChI is InChI=1S/C18H23N3/c1-5-15-10-8-11-16(13-15)20(3)18(19)21(4)17-12-7-6-9-14(17)2/h6-13,19H,5H2,1-4H3. The van der Waals surface area contributed by atoms with Crippen LogP contribution < -0.4 is 9.80 Å². The van der Waals surface area contributed by atoms with Crippen LogP contribution in [0.15, 0.2) is 48.5 Å². The Labute approximate surface area is 127 Å². The van der Waals surface area contributed by atoms with Crippen molar-refractivity contribution in [2.75, 3.05) is 23.9 Å². The van der Waals surface area contributed by atoms with Crippen molar-refractivity contribution in [1.82, 2.24) is 0 Å². The number of rotatable bonds is 3. The van der Waals surface area contributed by atoms with E-state index < -0.39 is 0 Å². The van der Waals surface area contributed by atoms with Crippen LogP contribution in [0, 0.1) is 12.3 Å². The van der Waals surface area contributed by atoms with Crippen LogP contribution in [-0.2, 0) is 6.42 Å². The van der Waals surface area contributed by atoms with E-state index in [-0.39, 0.29) is 0 Å². The molecule has 2 aromatic carbocycles. The molecule has 0 aromatic heterocycles. The molecule has 0 radical (unpaired) electrons. The molecule has 0 spiro atoms. The van der Waals surface area contributed by atoms with Crippen molar-refractivity contribution < 1.29 is 0 Å². The molecule has 0 saturated heterocycles. The van der Waals surface area contributed by atoms with Crippen LogP contribution in [0.3, 0.4) is 0 Å². The zero-order valence-electron chi connectivity index (χ0n) is 13.2. The van der Waals surface area contributed by atoms with E-state index in [4.69, 9.17) is 5.41 Å². The van der Waals surface area contributed by atoms with E-state index in [2.05, 4.69) is 32.0 Å². The molecule has 2 rings (SSSR count). The molecule has 0 saturated carbocycles. The maximum Gasteiger partial charge on any atom is 0.202 e. The highest BCUT2D eigenvalue weighted by Gasteiger charge is 2.14. The Morgan fingerprint density at radius 2 is 1.71 bits per heavy atom. The number of para-hydroxylation sites is 1. The van der Waals surface area contributed by atoms with E-state index in [1.807, 2.05) is 54.2 Å². The van der Waals surface area contributed by atoms with Crippen molar-refractivity contribution in [3.05, 3.63) is 59.7 Å². The molecule has 0 atom stereocenters. The van der Waals surface area contributed by atoms with Crippen molar-refractivity contribution in [1.29, 1.82) is 5.41 Å². The predicted molar refractivity (Wildman–Crippen MR) is 91.5 cm³/mol. The lowest BCUT2D eigenvalue weighted by atomic mass is 10.1. The summed E-state index contributed by atoms with van der Waals surface area (Å²) in [5, 5.41) is 8.45. The molecule has 21 heavy (non-hydrogen) atoms. The molecule has 1 N–H and O–H groups in total. The van der Waals surface area contributed by atoms with E-state index in [9.17, 15) is 0 Å². The number of guanidine groups is 1. The van der Waals surface area contributed by atoms with Gasteiger partial charge in [0.1, 0.15) is 0 Å². The first kappa shape index (κ1) is 15.1. The predicted octanol–water partition coefficient (Wildman–Crippen LogP) is 4.06. The molecule has 0 bridgehead atoms. The van der Waals surface area contributed by atoms with Gasteiger partial charge in [-0.15, -0.1) is 0 Å². The van der Waals surface area contributed by atoms with E-state index in [1.165, 1.54) is 11.1 Å². The highest BCUT2D eigenvalue weighted by atomic mass is 15.3. The molecule has 0 aliphatic heterocycles. The molecule has 3 nitrogen and oxygen atoms in total. The second kappa shape index (κ2) is 6.44. The van der Waals surface area contributed by atoms with Crippen LogP contribution in [0.5, 0.6) is 0 Å². The fraction of sp³-hybridized carbons (Fsp3) is 0.278. The highest BCUT2D eigenvalue weighted by molar-refractivity contribution is 6.04. The summed E-state index contributed by atoms with van der Waals surface area (Å²) in [6.07, 6.45) is 1.00. The van der Waals surface area contributed by atoms with Crippen LogP contribution in [0.1, 0.15) is 18.1 Å². The lowest BCUT2D eigenvalue weighted by Gasteiger charge is -2.29. The van der Waals surface area contributed by atoms with Gasteiger partial charge in [0.25, 0.3) is 0 Å². The van der Waals surface area contributed by atoms with Gasteiger partial charge in [-0.05, 0) is 42.7 Å². The van der Waals surface area contributed by atoms with Crippen LogP contribution in [-0.4, -0.2) is 20.1 Å². The summed E-state index contributed by atoms with van der Waals surface area (Å²) < 4.78 is 0. The monoisotopic (exact) mass is 281 g/mol. The Balaban J connectivity index is 2.24. The minimum atomic E-state index is 0.456. The molecule has 110 valence electrons. The molecular formula is C18H23N3. The van der Waals surface area contributed by atoms with Crippen LogP contribution in [0.25, 0.3) is 0 Å². The summed E-state index contributed by atoms with van der Waals surface area (Å²) >= 11 is 0. The summed E-state index contributed by atoms with van der Waals surface area (Å²) in [6.45, 7) is 4.21. The normalized spacial score (nSPS) is 10.3. The number of benzene rings is 2. The Hall–Kier alpha value is -2.29. The Morgan fingerprint density at radius 1 is 1.00 bits per heavy atom. The molecule has 0 heterocycles. The van der Waals surface area contributed by atoms with E-state index >= 15 is 0 Å². The van der Waals surface area contributed by atoms with Crippen LogP contribution >= 0.6 is 0 Å². The van der Waals surface area contributed by atoms with Gasteiger partial charge >= 0.3 is 0 Å². The van der Waals surface area contributed by atoms with Crippen molar-refractivity contribution >= 4 is 17.3 Å². The van der Waals surface area contributed by atoms with Gasteiger partial charge in [-0.25, -0.2) is 0 Å². The third-order valence-corrected chi connectivity index (χ3v) is 3.82. The molecule has 0 fully saturated rings. The molecule has 0 aliphatic carbocycles. The van der Waals surface area contributed by atoms with Gasteiger partial charge in [-0.1, -0.05) is 37.3 Å². The largest absolute Gasteiger partial charge is 0.316 e. The van der Waals surface area contributed by atoms with Gasteiger partial charge < -0.3 is 9.80 Å². The maximum atomic E-state index is 8.45. The van der Waals surface area contributed by atoms with E-state index in [0.717, 1.165) is 17.8 Å². The minimum absolute atomic E-state index is 0.456. The maximum absolute atomic E-state index is 8.45. The number of aryl methyl sites for hydroxylation is 2. The quantitative estimate of drug-likeness (QED) is 0.679. The van der Waals surface area contributed by atoms with Crippen molar-refractivity contribution in [2.24, 2.45) is 0 Å². The molecule has 0 amide bonds. The zero-order valence-corrected chi connectivity index (χ0v) is 13.2. The molecule has 3 heteroatoms. The van der Waals surface area contributed by atoms with Crippen molar-refractivity contribution in [3.8, 4) is 0 Å². The second-order valence-electron chi connectivity index (χ2n) is 5.25. The summed E-state index contributed by atoms with van der Waals surface area (Å²) in [5.41, 5.74) is 4.55. The van der Waals surface area contributed by atoms with E-state index in [0.29, 0.717) is 5.96 Å². The first-order valence-electron chi connectivity index (χ1n) is 7.25. The Bertz CT molecular complexity index is 634. The van der Waals surface area contributed by atoms with Gasteiger partial charge in [0, 0.05) is 25.5 Å². The van der Waals surface area contributed by atoms with Gasteiger partial charge in [-0.3, -0.25) is 5.41 Å². The molecule has 0 aliphatic rings. The third kappa shape index (κ3) is 3.24. The van der Waals surface area contributed by atoms with Gasteiger partial charge in [0.15, 0.2) is 0 Å². The topological polar surface area (TPSA) is 30.3 Å². The highest BCUT2D eigenvalue weighted by Crippen LogP contribution is 2.21. The minimum Gasteiger partial charge on any atom is -0.316 e. The third-order valence-electron chi connectivity index (χ3n) is 3.82. The van der Waals surface area contributed by atoms with Crippen LogP contribution in [0.4, 0.5) is 11.4 Å². The first-order valence-corrected chi connectivity index (χ1v) is 7.25. The molecule has 0 unspecified atom stereocenters. The Morgan fingerprint density at radius 3 is 2.38 bits per heavy atom. The Kier molecular flexibility index (Phi) is 4.63. The summed E-state index contributed by atoms with van der Waals surface area (Å²) in [4.78, 5) is 3.82. The smallest absolute Gasteiger partial charge is 0.202 e. The second-order valence-corrected chi connectivity index (χ2v) is 5.25. The fourth-order valence-electron chi connectivity index (χ4n) is 2.39. The summed E-state index contributed by atoms with van der Waals surface area (Å²) in [5.74, 6) is 0.456.